The summed E-state index contributed by atoms with van der Waals surface area (Å²) in [5, 5.41) is 9.47. The Morgan fingerprint density at radius 1 is 0.862 bits per heavy atom. The number of rotatable bonds is 7. The van der Waals surface area contributed by atoms with Gasteiger partial charge in [-0.3, -0.25) is 0 Å². The fourth-order valence-corrected chi connectivity index (χ4v) is 3.47. The molecule has 0 saturated carbocycles. The maximum Gasteiger partial charge on any atom is 0.335 e. The smallest absolute Gasteiger partial charge is 0.335 e. The monoisotopic (exact) mass is 398 g/mol. The minimum atomic E-state index is -1.45. The average molecular weight is 398 g/mol. The molecule has 2 nitrogen and oxygen atoms in total. The topological polar surface area (TPSA) is 37.3 Å². The Balaban J connectivity index is 1.80. The van der Waals surface area contributed by atoms with E-state index in [1.807, 2.05) is 37.3 Å². The third-order valence-corrected chi connectivity index (χ3v) is 4.92. The van der Waals surface area contributed by atoms with Gasteiger partial charge in [-0.05, 0) is 65.3 Å². The van der Waals surface area contributed by atoms with Gasteiger partial charge in [0.2, 0.25) is 0 Å². The van der Waals surface area contributed by atoms with Crippen LogP contribution >= 0.6 is 0 Å². The highest BCUT2D eigenvalue weighted by molar-refractivity contribution is 5.92. The molecule has 1 N–H and O–H groups in total. The van der Waals surface area contributed by atoms with Gasteiger partial charge < -0.3 is 5.11 Å². The number of hydrogen-bond donors (Lipinski definition) is 1. The molecule has 0 fully saturated rings. The van der Waals surface area contributed by atoms with Crippen molar-refractivity contribution in [3.63, 3.8) is 0 Å². The molecule has 0 bridgehead atoms. The van der Waals surface area contributed by atoms with Crippen LogP contribution in [0.4, 0.5) is 13.2 Å². The van der Waals surface area contributed by atoms with Gasteiger partial charge in [0.05, 0.1) is 5.56 Å². The van der Waals surface area contributed by atoms with Gasteiger partial charge in [0.15, 0.2) is 17.5 Å². The number of benzene rings is 3. The SMILES string of the molecule is CCCc1c(C(=O)O)cccc1-c1ccc(CCc2cc(F)c(F)c(F)c2)cc1. The van der Waals surface area contributed by atoms with Gasteiger partial charge >= 0.3 is 5.97 Å². The van der Waals surface area contributed by atoms with E-state index >= 15 is 0 Å². The molecule has 0 aliphatic rings. The zero-order valence-corrected chi connectivity index (χ0v) is 16.0. The molecular weight excluding hydrogens is 377 g/mol. The first kappa shape index (κ1) is 20.6. The summed E-state index contributed by atoms with van der Waals surface area (Å²) in [5.41, 5.74) is 4.29. The van der Waals surface area contributed by atoms with E-state index in [1.165, 1.54) is 0 Å². The first-order valence-corrected chi connectivity index (χ1v) is 9.48. The van der Waals surface area contributed by atoms with Crippen LogP contribution in [0.25, 0.3) is 11.1 Å². The average Bonchev–Trinajstić information content (AvgIpc) is 2.71. The van der Waals surface area contributed by atoms with E-state index in [1.54, 1.807) is 12.1 Å². The molecule has 0 amide bonds. The van der Waals surface area contributed by atoms with Crippen molar-refractivity contribution < 1.29 is 23.1 Å². The largest absolute Gasteiger partial charge is 0.478 e. The van der Waals surface area contributed by atoms with Crippen LogP contribution < -0.4 is 0 Å². The summed E-state index contributed by atoms with van der Waals surface area (Å²) >= 11 is 0. The molecule has 150 valence electrons. The Kier molecular flexibility index (Phi) is 6.37. The number of aryl methyl sites for hydroxylation is 2. The number of halogens is 3. The molecule has 3 aromatic rings. The first-order valence-electron chi connectivity index (χ1n) is 9.48. The summed E-state index contributed by atoms with van der Waals surface area (Å²) in [6.45, 7) is 2.01. The van der Waals surface area contributed by atoms with Gasteiger partial charge in [-0.25, -0.2) is 18.0 Å². The van der Waals surface area contributed by atoms with Gasteiger partial charge in [0.25, 0.3) is 0 Å². The minimum Gasteiger partial charge on any atom is -0.478 e. The molecule has 3 rings (SSSR count). The highest BCUT2D eigenvalue weighted by Gasteiger charge is 2.14. The van der Waals surface area contributed by atoms with Gasteiger partial charge in [-0.15, -0.1) is 0 Å². The van der Waals surface area contributed by atoms with Crippen LogP contribution in [0.5, 0.6) is 0 Å². The van der Waals surface area contributed by atoms with Crippen molar-refractivity contribution in [3.8, 4) is 11.1 Å². The van der Waals surface area contributed by atoms with Crippen LogP contribution in [-0.4, -0.2) is 11.1 Å². The Bertz CT molecular complexity index is 1000. The van der Waals surface area contributed by atoms with E-state index in [0.717, 1.165) is 40.8 Å². The van der Waals surface area contributed by atoms with E-state index in [-0.39, 0.29) is 0 Å². The Labute approximate surface area is 167 Å². The third kappa shape index (κ3) is 4.67. The predicted molar refractivity (Wildman–Crippen MR) is 107 cm³/mol. The van der Waals surface area contributed by atoms with E-state index in [0.29, 0.717) is 30.4 Å². The van der Waals surface area contributed by atoms with Crippen LogP contribution in [-0.2, 0) is 19.3 Å². The zero-order chi connectivity index (χ0) is 21.0. The first-order chi connectivity index (χ1) is 13.9. The van der Waals surface area contributed by atoms with Gasteiger partial charge in [-0.1, -0.05) is 49.7 Å². The lowest BCUT2D eigenvalue weighted by Crippen LogP contribution is -2.04. The molecule has 0 spiro atoms. The minimum absolute atomic E-state index is 0.314. The summed E-state index contributed by atoms with van der Waals surface area (Å²) in [6.07, 6.45) is 2.42. The predicted octanol–water partition coefficient (Wildman–Crippen LogP) is 6.21. The lowest BCUT2D eigenvalue weighted by Gasteiger charge is -2.13. The summed E-state index contributed by atoms with van der Waals surface area (Å²) in [6, 6.07) is 15.0. The van der Waals surface area contributed by atoms with Gasteiger partial charge in [0, 0.05) is 0 Å². The Hall–Kier alpha value is -3.08. The molecule has 0 aliphatic heterocycles. The number of carboxylic acid groups (broad SMARTS) is 1. The van der Waals surface area contributed by atoms with Crippen molar-refractivity contribution in [2.24, 2.45) is 0 Å². The fourth-order valence-electron chi connectivity index (χ4n) is 3.47. The molecular formula is C24H21F3O2. The molecule has 0 radical (unpaired) electrons. The van der Waals surface area contributed by atoms with Crippen LogP contribution in [0.2, 0.25) is 0 Å². The van der Waals surface area contributed by atoms with Crippen LogP contribution in [0.3, 0.4) is 0 Å². The molecule has 0 heterocycles. The summed E-state index contributed by atoms with van der Waals surface area (Å²) in [7, 11) is 0. The standard InChI is InChI=1S/C24H21F3O2/c1-2-4-19-18(5-3-6-20(19)24(28)29)17-11-9-15(10-12-17)7-8-16-13-21(25)23(27)22(26)14-16/h3,5-6,9-14H,2,4,7-8H2,1H3,(H,28,29). The van der Waals surface area contributed by atoms with E-state index in [2.05, 4.69) is 0 Å². The zero-order valence-electron chi connectivity index (χ0n) is 16.0. The van der Waals surface area contributed by atoms with Crippen molar-refractivity contribution in [3.05, 3.63) is 94.3 Å². The van der Waals surface area contributed by atoms with E-state index < -0.39 is 23.4 Å². The summed E-state index contributed by atoms with van der Waals surface area (Å²) in [4.78, 5) is 11.5. The van der Waals surface area contributed by atoms with Crippen LogP contribution in [0.1, 0.15) is 40.4 Å². The third-order valence-electron chi connectivity index (χ3n) is 4.92. The molecule has 0 atom stereocenters. The molecule has 29 heavy (non-hydrogen) atoms. The molecule has 0 saturated heterocycles. The molecule has 0 unspecified atom stereocenters. The van der Waals surface area contributed by atoms with Gasteiger partial charge in [0.1, 0.15) is 0 Å². The second kappa shape index (κ2) is 8.95. The summed E-state index contributed by atoms with van der Waals surface area (Å²) in [5.74, 6) is -4.76. The fraction of sp³-hybridized carbons (Fsp3) is 0.208. The number of aromatic carboxylic acids is 1. The van der Waals surface area contributed by atoms with Crippen molar-refractivity contribution in [2.75, 3.05) is 0 Å². The number of carbonyl (C=O) groups is 1. The van der Waals surface area contributed by atoms with Crippen molar-refractivity contribution in [2.45, 2.75) is 32.6 Å². The second-order valence-corrected chi connectivity index (χ2v) is 6.96. The highest BCUT2D eigenvalue weighted by atomic mass is 19.2. The van der Waals surface area contributed by atoms with E-state index in [9.17, 15) is 23.1 Å². The maximum absolute atomic E-state index is 13.3. The van der Waals surface area contributed by atoms with Crippen LogP contribution in [0, 0.1) is 17.5 Å². The Morgan fingerprint density at radius 3 is 2.07 bits per heavy atom. The normalized spacial score (nSPS) is 10.9. The summed E-state index contributed by atoms with van der Waals surface area (Å²) < 4.78 is 39.7. The molecule has 5 heteroatoms. The second-order valence-electron chi connectivity index (χ2n) is 6.96. The van der Waals surface area contributed by atoms with E-state index in [4.69, 9.17) is 0 Å². The number of hydrogen-bond acceptors (Lipinski definition) is 1. The molecule has 0 aromatic heterocycles. The molecule has 0 aliphatic carbocycles. The van der Waals surface area contributed by atoms with Gasteiger partial charge in [-0.2, -0.15) is 0 Å². The maximum atomic E-state index is 13.3. The highest BCUT2D eigenvalue weighted by Crippen LogP contribution is 2.28. The van der Waals surface area contributed by atoms with Crippen molar-refractivity contribution in [1.29, 1.82) is 0 Å². The quantitative estimate of drug-likeness (QED) is 0.481. The number of carboxylic acids is 1. The molecule has 3 aromatic carbocycles. The Morgan fingerprint density at radius 2 is 1.48 bits per heavy atom. The van der Waals surface area contributed by atoms with Crippen LogP contribution in [0.15, 0.2) is 54.6 Å². The lowest BCUT2D eigenvalue weighted by molar-refractivity contribution is 0.0695. The lowest BCUT2D eigenvalue weighted by atomic mass is 9.91. The van der Waals surface area contributed by atoms with Crippen molar-refractivity contribution >= 4 is 5.97 Å². The van der Waals surface area contributed by atoms with Crippen molar-refractivity contribution in [1.82, 2.24) is 0 Å².